The molecule has 2 fully saturated rings. The van der Waals surface area contributed by atoms with Crippen LogP contribution in [0.1, 0.15) is 39.0 Å². The van der Waals surface area contributed by atoms with Crippen molar-refractivity contribution in [2.24, 2.45) is 0 Å². The van der Waals surface area contributed by atoms with E-state index in [1.807, 2.05) is 6.92 Å². The van der Waals surface area contributed by atoms with Gasteiger partial charge in [-0.1, -0.05) is 6.92 Å². The average Bonchev–Trinajstić information content (AvgIpc) is 3.20. The Kier molecular flexibility index (Phi) is 5.41. The third kappa shape index (κ3) is 3.32. The minimum Gasteiger partial charge on any atom is -0.468 e. The molecule has 0 amide bonds. The lowest BCUT2D eigenvalue weighted by Crippen LogP contribution is -2.52. The molecule has 0 aliphatic heterocycles. The number of carbonyl (C=O) groups is 1. The van der Waals surface area contributed by atoms with Gasteiger partial charge in [-0.15, -0.1) is 0 Å². The van der Waals surface area contributed by atoms with Crippen LogP contribution in [0.15, 0.2) is 0 Å². The van der Waals surface area contributed by atoms with Crippen molar-refractivity contribution in [1.82, 2.24) is 10.2 Å². The van der Waals surface area contributed by atoms with Crippen molar-refractivity contribution < 1.29 is 14.3 Å². The molecule has 116 valence electrons. The first kappa shape index (κ1) is 15.7. The van der Waals surface area contributed by atoms with E-state index in [0.29, 0.717) is 12.1 Å². The van der Waals surface area contributed by atoms with Crippen LogP contribution in [0.25, 0.3) is 0 Å². The molecule has 2 rings (SSSR count). The summed E-state index contributed by atoms with van der Waals surface area (Å²) in [4.78, 5) is 14.7. The fourth-order valence-electron chi connectivity index (χ4n) is 3.52. The molecule has 2 atom stereocenters. The summed E-state index contributed by atoms with van der Waals surface area (Å²) < 4.78 is 10.3. The van der Waals surface area contributed by atoms with Crippen LogP contribution in [0.3, 0.4) is 0 Å². The van der Waals surface area contributed by atoms with Gasteiger partial charge < -0.3 is 14.8 Å². The van der Waals surface area contributed by atoms with Crippen LogP contribution >= 0.6 is 0 Å². The van der Waals surface area contributed by atoms with Gasteiger partial charge in [0.25, 0.3) is 0 Å². The lowest BCUT2D eigenvalue weighted by Gasteiger charge is -2.31. The van der Waals surface area contributed by atoms with Crippen molar-refractivity contribution in [2.45, 2.75) is 56.7 Å². The van der Waals surface area contributed by atoms with Crippen molar-refractivity contribution in [3.63, 3.8) is 0 Å². The van der Waals surface area contributed by atoms with Crippen LogP contribution in [-0.4, -0.2) is 62.4 Å². The van der Waals surface area contributed by atoms with Crippen LogP contribution in [-0.2, 0) is 14.3 Å². The van der Waals surface area contributed by atoms with E-state index in [2.05, 4.69) is 10.2 Å². The maximum Gasteiger partial charge on any atom is 0.326 e. The highest BCUT2D eigenvalue weighted by molar-refractivity contribution is 5.81. The Hall–Kier alpha value is -0.650. The number of nitrogens with one attached hydrogen (secondary N) is 1. The summed E-state index contributed by atoms with van der Waals surface area (Å²) in [5.41, 5.74) is -0.478. The van der Waals surface area contributed by atoms with E-state index in [1.54, 1.807) is 7.11 Å². The van der Waals surface area contributed by atoms with Crippen molar-refractivity contribution in [2.75, 3.05) is 33.9 Å². The second-order valence-corrected chi connectivity index (χ2v) is 5.96. The summed E-state index contributed by atoms with van der Waals surface area (Å²) in [6, 6.07) is 1.17. The molecule has 1 N–H and O–H groups in total. The van der Waals surface area contributed by atoms with Gasteiger partial charge in [-0.05, 0) is 38.6 Å². The molecular formula is C15H28N2O3. The van der Waals surface area contributed by atoms with E-state index in [1.165, 1.54) is 20.0 Å². The van der Waals surface area contributed by atoms with Gasteiger partial charge in [0, 0.05) is 25.7 Å². The monoisotopic (exact) mass is 284 g/mol. The van der Waals surface area contributed by atoms with E-state index < -0.39 is 5.54 Å². The number of hydrogen-bond donors (Lipinski definition) is 1. The standard InChI is InChI=1S/C15H28N2O3/c1-4-16-15(14(18)20-3)8-7-13(11-15)17(9-10-19-2)12-5-6-12/h12-13,16H,4-11H2,1-3H3. The average molecular weight is 284 g/mol. The first-order valence-corrected chi connectivity index (χ1v) is 7.75. The molecule has 0 bridgehead atoms. The second kappa shape index (κ2) is 6.87. The van der Waals surface area contributed by atoms with Gasteiger partial charge in [-0.25, -0.2) is 0 Å². The zero-order valence-electron chi connectivity index (χ0n) is 13.0. The molecule has 0 aromatic heterocycles. The molecule has 2 saturated carbocycles. The molecule has 5 heteroatoms. The largest absolute Gasteiger partial charge is 0.468 e. The number of likely N-dealkylation sites (N-methyl/N-ethyl adjacent to an activating group) is 1. The molecule has 2 unspecified atom stereocenters. The lowest BCUT2D eigenvalue weighted by atomic mass is 9.97. The molecule has 0 radical (unpaired) electrons. The number of esters is 1. The molecule has 2 aliphatic rings. The molecule has 0 saturated heterocycles. The first-order chi connectivity index (χ1) is 9.66. The molecule has 5 nitrogen and oxygen atoms in total. The van der Waals surface area contributed by atoms with Gasteiger partial charge in [0.1, 0.15) is 5.54 Å². The van der Waals surface area contributed by atoms with E-state index in [4.69, 9.17) is 9.47 Å². The van der Waals surface area contributed by atoms with Gasteiger partial charge in [-0.3, -0.25) is 9.69 Å². The minimum absolute atomic E-state index is 0.107. The normalized spacial score (nSPS) is 29.9. The summed E-state index contributed by atoms with van der Waals surface area (Å²) in [5, 5.41) is 3.38. The predicted molar refractivity (Wildman–Crippen MR) is 77.7 cm³/mol. The predicted octanol–water partition coefficient (Wildman–Crippen LogP) is 1.17. The summed E-state index contributed by atoms with van der Waals surface area (Å²) in [6.07, 6.45) is 5.35. The van der Waals surface area contributed by atoms with Crippen LogP contribution in [0.5, 0.6) is 0 Å². The fraction of sp³-hybridized carbons (Fsp3) is 0.933. The van der Waals surface area contributed by atoms with E-state index >= 15 is 0 Å². The maximum absolute atomic E-state index is 12.2. The topological polar surface area (TPSA) is 50.8 Å². The molecular weight excluding hydrogens is 256 g/mol. The van der Waals surface area contributed by atoms with Crippen LogP contribution in [0.4, 0.5) is 0 Å². The summed E-state index contributed by atoms with van der Waals surface area (Å²) in [7, 11) is 3.23. The molecule has 0 aromatic carbocycles. The van der Waals surface area contributed by atoms with Gasteiger partial charge in [-0.2, -0.15) is 0 Å². The Morgan fingerprint density at radius 1 is 1.30 bits per heavy atom. The number of methoxy groups -OCH3 is 2. The third-order valence-corrected chi connectivity index (χ3v) is 4.62. The smallest absolute Gasteiger partial charge is 0.326 e. The minimum atomic E-state index is -0.478. The molecule has 0 aromatic rings. The third-order valence-electron chi connectivity index (χ3n) is 4.62. The number of rotatable bonds is 8. The zero-order chi connectivity index (χ0) is 14.6. The summed E-state index contributed by atoms with van der Waals surface area (Å²) in [5.74, 6) is -0.107. The van der Waals surface area contributed by atoms with E-state index in [0.717, 1.165) is 39.0 Å². The van der Waals surface area contributed by atoms with E-state index in [9.17, 15) is 4.79 Å². The Bertz CT molecular complexity index is 333. The Morgan fingerprint density at radius 3 is 2.60 bits per heavy atom. The Morgan fingerprint density at radius 2 is 2.05 bits per heavy atom. The number of ether oxygens (including phenoxy) is 2. The number of nitrogens with zero attached hydrogens (tertiary/aromatic N) is 1. The quantitative estimate of drug-likeness (QED) is 0.678. The molecule has 0 heterocycles. The molecule has 0 spiro atoms. The summed E-state index contributed by atoms with van der Waals surface area (Å²) >= 11 is 0. The second-order valence-electron chi connectivity index (χ2n) is 5.96. The Labute approximate surface area is 122 Å². The highest BCUT2D eigenvalue weighted by Crippen LogP contribution is 2.39. The van der Waals surface area contributed by atoms with Crippen molar-refractivity contribution in [3.05, 3.63) is 0 Å². The van der Waals surface area contributed by atoms with Crippen LogP contribution < -0.4 is 5.32 Å². The highest BCUT2D eigenvalue weighted by Gasteiger charge is 2.49. The van der Waals surface area contributed by atoms with Gasteiger partial charge in [0.15, 0.2) is 0 Å². The highest BCUT2D eigenvalue weighted by atomic mass is 16.5. The van der Waals surface area contributed by atoms with Crippen LogP contribution in [0.2, 0.25) is 0 Å². The van der Waals surface area contributed by atoms with Crippen molar-refractivity contribution in [1.29, 1.82) is 0 Å². The fourth-order valence-corrected chi connectivity index (χ4v) is 3.52. The van der Waals surface area contributed by atoms with Crippen molar-refractivity contribution >= 4 is 5.97 Å². The van der Waals surface area contributed by atoms with E-state index in [-0.39, 0.29) is 5.97 Å². The maximum atomic E-state index is 12.2. The molecule has 20 heavy (non-hydrogen) atoms. The van der Waals surface area contributed by atoms with Gasteiger partial charge >= 0.3 is 5.97 Å². The Balaban J connectivity index is 2.01. The SMILES string of the molecule is CCNC1(C(=O)OC)CCC(N(CCOC)C2CC2)C1. The zero-order valence-corrected chi connectivity index (χ0v) is 13.0. The lowest BCUT2D eigenvalue weighted by molar-refractivity contribution is -0.148. The summed E-state index contributed by atoms with van der Waals surface area (Å²) in [6.45, 7) is 4.57. The van der Waals surface area contributed by atoms with Crippen molar-refractivity contribution in [3.8, 4) is 0 Å². The molecule has 2 aliphatic carbocycles. The first-order valence-electron chi connectivity index (χ1n) is 7.75. The number of carbonyl (C=O) groups excluding carboxylic acids is 1. The number of hydrogen-bond acceptors (Lipinski definition) is 5. The van der Waals surface area contributed by atoms with Crippen LogP contribution in [0, 0.1) is 0 Å². The van der Waals surface area contributed by atoms with Gasteiger partial charge in [0.2, 0.25) is 0 Å². The van der Waals surface area contributed by atoms with Gasteiger partial charge in [0.05, 0.1) is 13.7 Å².